The van der Waals surface area contributed by atoms with E-state index in [9.17, 15) is 18.0 Å². The highest BCUT2D eigenvalue weighted by atomic mass is 32.1. The molecule has 25 heavy (non-hydrogen) atoms. The standard InChI is InChI=1S/C17H18F3N3OS/c18-17(19,20)14-8-4-1-5-12(14)11-23(13-6-2-3-7-13)16(24)22-15-21-9-10-25-15/h1,4-5,8-10,13H,2-3,6-7,11H2,(H,21,22,24). The number of carbonyl (C=O) groups is 1. The van der Waals surface area contributed by atoms with Crippen LogP contribution in [-0.4, -0.2) is 22.0 Å². The second-order valence-corrected chi connectivity index (χ2v) is 6.88. The van der Waals surface area contributed by atoms with Crippen LogP contribution in [0.4, 0.5) is 23.1 Å². The lowest BCUT2D eigenvalue weighted by Crippen LogP contribution is -2.41. The Labute approximate surface area is 147 Å². The highest BCUT2D eigenvalue weighted by molar-refractivity contribution is 7.13. The van der Waals surface area contributed by atoms with E-state index in [0.29, 0.717) is 5.13 Å². The number of aromatic nitrogens is 1. The molecule has 1 heterocycles. The predicted molar refractivity (Wildman–Crippen MR) is 90.4 cm³/mol. The van der Waals surface area contributed by atoms with Gasteiger partial charge in [0.15, 0.2) is 5.13 Å². The summed E-state index contributed by atoms with van der Waals surface area (Å²) in [5, 5.41) is 4.86. The second-order valence-electron chi connectivity index (χ2n) is 5.99. The zero-order valence-electron chi connectivity index (χ0n) is 13.4. The van der Waals surface area contributed by atoms with Gasteiger partial charge in [-0.15, -0.1) is 11.3 Å². The Hall–Kier alpha value is -2.09. The summed E-state index contributed by atoms with van der Waals surface area (Å²) in [6, 6.07) is 4.96. The first-order valence-electron chi connectivity index (χ1n) is 8.07. The van der Waals surface area contributed by atoms with Crippen molar-refractivity contribution in [1.29, 1.82) is 0 Å². The number of nitrogens with one attached hydrogen (secondary N) is 1. The molecule has 0 aliphatic heterocycles. The normalized spacial score (nSPS) is 15.3. The number of rotatable bonds is 4. The number of benzene rings is 1. The van der Waals surface area contributed by atoms with Gasteiger partial charge in [0, 0.05) is 24.2 Å². The van der Waals surface area contributed by atoms with Crippen LogP contribution in [-0.2, 0) is 12.7 Å². The first-order valence-corrected chi connectivity index (χ1v) is 8.95. The summed E-state index contributed by atoms with van der Waals surface area (Å²) in [4.78, 5) is 18.2. The Kier molecular flexibility index (Phi) is 5.27. The number of alkyl halides is 3. The number of hydrogen-bond acceptors (Lipinski definition) is 3. The average Bonchev–Trinajstić information content (AvgIpc) is 3.25. The van der Waals surface area contributed by atoms with E-state index in [4.69, 9.17) is 0 Å². The first-order chi connectivity index (χ1) is 11.9. The van der Waals surface area contributed by atoms with E-state index < -0.39 is 17.8 Å². The fourth-order valence-electron chi connectivity index (χ4n) is 3.15. The molecule has 3 rings (SSSR count). The van der Waals surface area contributed by atoms with Gasteiger partial charge in [-0.3, -0.25) is 5.32 Å². The SMILES string of the molecule is O=C(Nc1nccs1)N(Cc1ccccc1C(F)(F)F)C1CCCC1. The molecule has 0 saturated heterocycles. The van der Waals surface area contributed by atoms with Gasteiger partial charge in [0.2, 0.25) is 0 Å². The monoisotopic (exact) mass is 369 g/mol. The van der Waals surface area contributed by atoms with Crippen LogP contribution in [0.2, 0.25) is 0 Å². The molecule has 1 aliphatic carbocycles. The minimum absolute atomic E-state index is 0.0544. The molecular formula is C17H18F3N3OS. The van der Waals surface area contributed by atoms with Crippen LogP contribution in [0.5, 0.6) is 0 Å². The van der Waals surface area contributed by atoms with E-state index >= 15 is 0 Å². The Bertz CT molecular complexity index is 712. The average molecular weight is 369 g/mol. The van der Waals surface area contributed by atoms with Crippen molar-refractivity contribution in [2.45, 2.75) is 44.4 Å². The lowest BCUT2D eigenvalue weighted by molar-refractivity contribution is -0.138. The van der Waals surface area contributed by atoms with Gasteiger partial charge >= 0.3 is 12.2 Å². The predicted octanol–water partition coefficient (Wildman–Crippen LogP) is 5.14. The summed E-state index contributed by atoms with van der Waals surface area (Å²) in [6.45, 7) is -0.0719. The second kappa shape index (κ2) is 7.43. The van der Waals surface area contributed by atoms with Crippen LogP contribution >= 0.6 is 11.3 Å². The molecule has 1 saturated carbocycles. The van der Waals surface area contributed by atoms with Crippen molar-refractivity contribution < 1.29 is 18.0 Å². The molecule has 134 valence electrons. The third-order valence-corrected chi connectivity index (χ3v) is 5.02. The van der Waals surface area contributed by atoms with Gasteiger partial charge in [0.1, 0.15) is 0 Å². The van der Waals surface area contributed by atoms with Crippen molar-refractivity contribution in [1.82, 2.24) is 9.88 Å². The van der Waals surface area contributed by atoms with Crippen molar-refractivity contribution in [3.05, 3.63) is 47.0 Å². The van der Waals surface area contributed by atoms with Crippen LogP contribution in [0.3, 0.4) is 0 Å². The maximum absolute atomic E-state index is 13.3. The smallest absolute Gasteiger partial charge is 0.317 e. The van der Waals surface area contributed by atoms with Gasteiger partial charge in [-0.05, 0) is 24.5 Å². The topological polar surface area (TPSA) is 45.2 Å². The molecule has 2 amide bonds. The van der Waals surface area contributed by atoms with Gasteiger partial charge < -0.3 is 4.90 Å². The van der Waals surface area contributed by atoms with Crippen molar-refractivity contribution >= 4 is 22.5 Å². The minimum atomic E-state index is -4.44. The van der Waals surface area contributed by atoms with E-state index in [-0.39, 0.29) is 18.2 Å². The third kappa shape index (κ3) is 4.31. The molecule has 0 unspecified atom stereocenters. The maximum Gasteiger partial charge on any atom is 0.416 e. The third-order valence-electron chi connectivity index (χ3n) is 4.34. The molecule has 1 aromatic heterocycles. The van der Waals surface area contributed by atoms with E-state index in [0.717, 1.165) is 31.7 Å². The van der Waals surface area contributed by atoms with Crippen LogP contribution in [0.25, 0.3) is 0 Å². The van der Waals surface area contributed by atoms with Gasteiger partial charge in [0.05, 0.1) is 5.56 Å². The molecule has 0 spiro atoms. The maximum atomic E-state index is 13.3. The van der Waals surface area contributed by atoms with Crippen molar-refractivity contribution in [2.24, 2.45) is 0 Å². The molecule has 1 fully saturated rings. The Morgan fingerprint density at radius 3 is 2.64 bits per heavy atom. The highest BCUT2D eigenvalue weighted by Crippen LogP contribution is 2.34. The summed E-state index contributed by atoms with van der Waals surface area (Å²) in [6.07, 6.45) is 0.695. The fraction of sp³-hybridized carbons (Fsp3) is 0.412. The minimum Gasteiger partial charge on any atom is -0.317 e. The fourth-order valence-corrected chi connectivity index (χ4v) is 3.67. The molecule has 1 aliphatic rings. The summed E-state index contributed by atoms with van der Waals surface area (Å²) in [5.41, 5.74) is -0.587. The summed E-state index contributed by atoms with van der Waals surface area (Å²) >= 11 is 1.28. The van der Waals surface area contributed by atoms with Gasteiger partial charge in [-0.25, -0.2) is 9.78 Å². The van der Waals surface area contributed by atoms with Crippen LogP contribution in [0.15, 0.2) is 35.8 Å². The molecule has 4 nitrogen and oxygen atoms in total. The lowest BCUT2D eigenvalue weighted by atomic mass is 10.1. The van der Waals surface area contributed by atoms with Crippen molar-refractivity contribution in [3.63, 3.8) is 0 Å². The lowest BCUT2D eigenvalue weighted by Gasteiger charge is -2.30. The van der Waals surface area contributed by atoms with Crippen LogP contribution in [0.1, 0.15) is 36.8 Å². The Balaban J connectivity index is 1.84. The van der Waals surface area contributed by atoms with Gasteiger partial charge in [-0.1, -0.05) is 31.0 Å². The summed E-state index contributed by atoms with van der Waals surface area (Å²) in [7, 11) is 0. The van der Waals surface area contributed by atoms with Crippen molar-refractivity contribution in [3.8, 4) is 0 Å². The molecule has 2 aromatic rings. The van der Waals surface area contributed by atoms with E-state index in [1.165, 1.54) is 28.4 Å². The van der Waals surface area contributed by atoms with E-state index in [1.807, 2.05) is 0 Å². The first kappa shape index (κ1) is 17.7. The number of nitrogens with zero attached hydrogens (tertiary/aromatic N) is 2. The molecule has 8 heteroatoms. The Morgan fingerprint density at radius 2 is 2.00 bits per heavy atom. The number of amides is 2. The van der Waals surface area contributed by atoms with Gasteiger partial charge in [0.25, 0.3) is 0 Å². The van der Waals surface area contributed by atoms with Crippen LogP contribution in [0, 0.1) is 0 Å². The molecule has 0 atom stereocenters. The molecule has 1 aromatic carbocycles. The zero-order chi connectivity index (χ0) is 17.9. The molecule has 0 bridgehead atoms. The van der Waals surface area contributed by atoms with Gasteiger partial charge in [-0.2, -0.15) is 13.2 Å². The quantitative estimate of drug-likeness (QED) is 0.811. The number of carbonyl (C=O) groups excluding carboxylic acids is 1. The summed E-state index contributed by atoms with van der Waals surface area (Å²) < 4.78 is 39.8. The number of halogens is 3. The van der Waals surface area contributed by atoms with E-state index in [2.05, 4.69) is 10.3 Å². The van der Waals surface area contributed by atoms with E-state index in [1.54, 1.807) is 17.6 Å². The number of thiazole rings is 1. The molecule has 1 N–H and O–H groups in total. The molecular weight excluding hydrogens is 351 g/mol. The number of anilines is 1. The summed E-state index contributed by atoms with van der Waals surface area (Å²) in [5.74, 6) is 0. The van der Waals surface area contributed by atoms with Crippen LogP contribution < -0.4 is 5.32 Å². The zero-order valence-corrected chi connectivity index (χ0v) is 14.2. The largest absolute Gasteiger partial charge is 0.416 e. The number of hydrogen-bond donors (Lipinski definition) is 1. The highest BCUT2D eigenvalue weighted by Gasteiger charge is 2.35. The molecule has 0 radical (unpaired) electrons. The Morgan fingerprint density at radius 1 is 1.28 bits per heavy atom. The number of urea groups is 1. The van der Waals surface area contributed by atoms with Crippen molar-refractivity contribution in [2.75, 3.05) is 5.32 Å².